The van der Waals surface area contributed by atoms with Gasteiger partial charge in [-0.05, 0) is 49.4 Å². The molecule has 106 valence electrons. The van der Waals surface area contributed by atoms with Gasteiger partial charge in [0, 0.05) is 37.1 Å². The maximum absolute atomic E-state index is 4.27. The number of anilines is 1. The standard InChI is InChI=1S/C17H23N3/c1-12(2)20-10-13(3)7-15-8-14(5-6-17(15)20)16-9-18-19(4)11-16/h5-6,8-9,11-13H,7,10H2,1-4H3/t13-/m0/s1. The molecule has 0 fully saturated rings. The zero-order valence-electron chi connectivity index (χ0n) is 12.8. The number of nitrogens with zero attached hydrogens (tertiary/aromatic N) is 3. The number of rotatable bonds is 2. The second-order valence-corrected chi connectivity index (χ2v) is 6.30. The summed E-state index contributed by atoms with van der Waals surface area (Å²) in [5.74, 6) is 0.717. The predicted octanol–water partition coefficient (Wildman–Crippen LogP) is 3.49. The maximum atomic E-state index is 4.27. The predicted molar refractivity (Wildman–Crippen MR) is 84.0 cm³/mol. The lowest BCUT2D eigenvalue weighted by Crippen LogP contribution is -2.39. The SMILES string of the molecule is CC(C)N1C[C@@H](C)Cc2cc(-c3cnn(C)c3)ccc21. The molecule has 1 aromatic heterocycles. The number of aromatic nitrogens is 2. The Balaban J connectivity index is 2.02. The van der Waals surface area contributed by atoms with E-state index in [2.05, 4.69) is 55.2 Å². The fourth-order valence-corrected chi connectivity index (χ4v) is 3.14. The van der Waals surface area contributed by atoms with Crippen molar-refractivity contribution in [1.82, 2.24) is 9.78 Å². The summed E-state index contributed by atoms with van der Waals surface area (Å²) in [4.78, 5) is 2.52. The van der Waals surface area contributed by atoms with Crippen molar-refractivity contribution in [1.29, 1.82) is 0 Å². The molecule has 0 amide bonds. The molecule has 1 aromatic carbocycles. The van der Waals surface area contributed by atoms with Crippen molar-refractivity contribution in [2.45, 2.75) is 33.2 Å². The molecule has 1 aliphatic heterocycles. The van der Waals surface area contributed by atoms with Crippen LogP contribution in [0.1, 0.15) is 26.3 Å². The minimum Gasteiger partial charge on any atom is -0.369 e. The van der Waals surface area contributed by atoms with Crippen LogP contribution in [0.15, 0.2) is 30.6 Å². The van der Waals surface area contributed by atoms with Crippen LogP contribution in [0, 0.1) is 5.92 Å². The number of fused-ring (bicyclic) bond motifs is 1. The lowest BCUT2D eigenvalue weighted by atomic mass is 9.91. The van der Waals surface area contributed by atoms with E-state index in [9.17, 15) is 0 Å². The van der Waals surface area contributed by atoms with Gasteiger partial charge in [0.25, 0.3) is 0 Å². The summed E-state index contributed by atoms with van der Waals surface area (Å²) < 4.78 is 1.86. The van der Waals surface area contributed by atoms with Crippen LogP contribution in [0.3, 0.4) is 0 Å². The molecule has 20 heavy (non-hydrogen) atoms. The second kappa shape index (κ2) is 4.97. The van der Waals surface area contributed by atoms with Crippen molar-refractivity contribution in [3.8, 4) is 11.1 Å². The van der Waals surface area contributed by atoms with Gasteiger partial charge >= 0.3 is 0 Å². The highest BCUT2D eigenvalue weighted by Crippen LogP contribution is 2.34. The van der Waals surface area contributed by atoms with Gasteiger partial charge in [-0.25, -0.2) is 0 Å². The van der Waals surface area contributed by atoms with Crippen molar-refractivity contribution in [3.63, 3.8) is 0 Å². The van der Waals surface area contributed by atoms with Crippen LogP contribution in [-0.4, -0.2) is 22.4 Å². The summed E-state index contributed by atoms with van der Waals surface area (Å²) in [6.45, 7) is 8.06. The van der Waals surface area contributed by atoms with Gasteiger partial charge in [-0.15, -0.1) is 0 Å². The summed E-state index contributed by atoms with van der Waals surface area (Å²) in [6.07, 6.45) is 5.19. The summed E-state index contributed by atoms with van der Waals surface area (Å²) >= 11 is 0. The fraction of sp³-hybridized carbons (Fsp3) is 0.471. The molecule has 2 heterocycles. The number of benzene rings is 1. The quantitative estimate of drug-likeness (QED) is 0.832. The van der Waals surface area contributed by atoms with Crippen LogP contribution in [-0.2, 0) is 13.5 Å². The summed E-state index contributed by atoms with van der Waals surface area (Å²) in [7, 11) is 1.96. The van der Waals surface area contributed by atoms with Crippen LogP contribution in [0.25, 0.3) is 11.1 Å². The first-order valence-electron chi connectivity index (χ1n) is 7.43. The van der Waals surface area contributed by atoms with E-state index in [0.29, 0.717) is 12.0 Å². The van der Waals surface area contributed by atoms with Crippen molar-refractivity contribution in [3.05, 3.63) is 36.2 Å². The van der Waals surface area contributed by atoms with Crippen molar-refractivity contribution < 1.29 is 0 Å². The molecule has 0 radical (unpaired) electrons. The van der Waals surface area contributed by atoms with E-state index in [1.807, 2.05) is 17.9 Å². The zero-order valence-corrected chi connectivity index (χ0v) is 12.8. The van der Waals surface area contributed by atoms with E-state index >= 15 is 0 Å². The topological polar surface area (TPSA) is 21.1 Å². The van der Waals surface area contributed by atoms with Gasteiger partial charge in [-0.3, -0.25) is 4.68 Å². The molecule has 3 rings (SSSR count). The molecule has 2 aromatic rings. The Bertz CT molecular complexity index is 612. The summed E-state index contributed by atoms with van der Waals surface area (Å²) in [6, 6.07) is 7.41. The van der Waals surface area contributed by atoms with Crippen LogP contribution in [0.2, 0.25) is 0 Å². The highest BCUT2D eigenvalue weighted by atomic mass is 15.2. The van der Waals surface area contributed by atoms with E-state index in [1.165, 1.54) is 28.8 Å². The summed E-state index contributed by atoms with van der Waals surface area (Å²) in [5.41, 5.74) is 5.35. The van der Waals surface area contributed by atoms with Crippen LogP contribution < -0.4 is 4.90 Å². The molecule has 1 aliphatic rings. The van der Waals surface area contributed by atoms with Gasteiger partial charge in [0.1, 0.15) is 0 Å². The van der Waals surface area contributed by atoms with E-state index in [-0.39, 0.29) is 0 Å². The van der Waals surface area contributed by atoms with Gasteiger partial charge in [-0.2, -0.15) is 5.10 Å². The first-order chi connectivity index (χ1) is 9.54. The Morgan fingerprint density at radius 2 is 2.05 bits per heavy atom. The molecule has 0 N–H and O–H groups in total. The molecule has 0 spiro atoms. The first-order valence-corrected chi connectivity index (χ1v) is 7.43. The summed E-state index contributed by atoms with van der Waals surface area (Å²) in [5, 5.41) is 4.27. The fourth-order valence-electron chi connectivity index (χ4n) is 3.14. The molecule has 3 nitrogen and oxygen atoms in total. The smallest absolute Gasteiger partial charge is 0.0568 e. The lowest BCUT2D eigenvalue weighted by Gasteiger charge is -2.38. The molecule has 0 unspecified atom stereocenters. The minimum absolute atomic E-state index is 0.556. The Kier molecular flexibility index (Phi) is 3.28. The van der Waals surface area contributed by atoms with Gasteiger partial charge in [-0.1, -0.05) is 13.0 Å². The van der Waals surface area contributed by atoms with E-state index in [0.717, 1.165) is 6.54 Å². The van der Waals surface area contributed by atoms with Gasteiger partial charge in [0.2, 0.25) is 0 Å². The Morgan fingerprint density at radius 1 is 1.25 bits per heavy atom. The molecule has 0 saturated carbocycles. The molecule has 1 atom stereocenters. The third-order valence-corrected chi connectivity index (χ3v) is 4.13. The minimum atomic E-state index is 0.556. The van der Waals surface area contributed by atoms with Crippen molar-refractivity contribution in [2.75, 3.05) is 11.4 Å². The zero-order chi connectivity index (χ0) is 14.3. The largest absolute Gasteiger partial charge is 0.369 e. The third-order valence-electron chi connectivity index (χ3n) is 4.13. The highest BCUT2D eigenvalue weighted by molar-refractivity contribution is 5.69. The van der Waals surface area contributed by atoms with E-state index < -0.39 is 0 Å². The monoisotopic (exact) mass is 269 g/mol. The van der Waals surface area contributed by atoms with E-state index in [1.54, 1.807) is 0 Å². The van der Waals surface area contributed by atoms with Crippen LogP contribution in [0.5, 0.6) is 0 Å². The molecule has 0 bridgehead atoms. The lowest BCUT2D eigenvalue weighted by molar-refractivity contribution is 0.505. The average molecular weight is 269 g/mol. The first kappa shape index (κ1) is 13.2. The van der Waals surface area contributed by atoms with Crippen molar-refractivity contribution >= 4 is 5.69 Å². The van der Waals surface area contributed by atoms with Crippen molar-refractivity contribution in [2.24, 2.45) is 13.0 Å². The number of hydrogen-bond donors (Lipinski definition) is 0. The molecule has 0 saturated heterocycles. The average Bonchev–Trinajstić information content (AvgIpc) is 2.83. The number of hydrogen-bond acceptors (Lipinski definition) is 2. The highest BCUT2D eigenvalue weighted by Gasteiger charge is 2.23. The third kappa shape index (κ3) is 2.33. The Hall–Kier alpha value is -1.77. The van der Waals surface area contributed by atoms with Gasteiger partial charge in [0.15, 0.2) is 0 Å². The Morgan fingerprint density at radius 3 is 2.70 bits per heavy atom. The van der Waals surface area contributed by atoms with E-state index in [4.69, 9.17) is 0 Å². The normalized spacial score (nSPS) is 18.4. The molecular weight excluding hydrogens is 246 g/mol. The molecule has 0 aliphatic carbocycles. The molecular formula is C17H23N3. The molecule has 3 heteroatoms. The van der Waals surface area contributed by atoms with Crippen LogP contribution >= 0.6 is 0 Å². The second-order valence-electron chi connectivity index (χ2n) is 6.30. The van der Waals surface area contributed by atoms with Crippen LogP contribution in [0.4, 0.5) is 5.69 Å². The number of aryl methyl sites for hydroxylation is 1. The van der Waals surface area contributed by atoms with Gasteiger partial charge in [0.05, 0.1) is 6.20 Å². The Labute approximate surface area is 121 Å². The maximum Gasteiger partial charge on any atom is 0.0568 e. The van der Waals surface area contributed by atoms with Gasteiger partial charge < -0.3 is 4.90 Å².